The molecule has 0 heterocycles. The van der Waals surface area contributed by atoms with Gasteiger partial charge in [-0.25, -0.2) is 4.39 Å². The zero-order chi connectivity index (χ0) is 10.6. The molecule has 0 saturated carbocycles. The lowest BCUT2D eigenvalue weighted by molar-refractivity contribution is 0.222. The van der Waals surface area contributed by atoms with Crippen LogP contribution in [0.25, 0.3) is 0 Å². The Morgan fingerprint density at radius 3 is 2.57 bits per heavy atom. The Morgan fingerprint density at radius 1 is 1.29 bits per heavy atom. The van der Waals surface area contributed by atoms with Crippen LogP contribution in [0.15, 0.2) is 18.2 Å². The lowest BCUT2D eigenvalue weighted by Crippen LogP contribution is -2.07. The van der Waals surface area contributed by atoms with Gasteiger partial charge in [0, 0.05) is 6.07 Å². The summed E-state index contributed by atoms with van der Waals surface area (Å²) in [7, 11) is 0. The van der Waals surface area contributed by atoms with Crippen LogP contribution >= 0.6 is 0 Å². The second-order valence-electron chi connectivity index (χ2n) is 3.19. The van der Waals surface area contributed by atoms with Gasteiger partial charge in [0.25, 0.3) is 0 Å². The molecule has 0 aromatic heterocycles. The van der Waals surface area contributed by atoms with E-state index in [1.165, 1.54) is 12.1 Å². The van der Waals surface area contributed by atoms with Crippen LogP contribution in [0.3, 0.4) is 0 Å². The van der Waals surface area contributed by atoms with Crippen molar-refractivity contribution in [2.45, 2.75) is 26.9 Å². The summed E-state index contributed by atoms with van der Waals surface area (Å²) in [6.07, 6.45) is 0.0102. The van der Waals surface area contributed by atoms with Gasteiger partial charge in [-0.15, -0.1) is 0 Å². The monoisotopic (exact) mass is 198 g/mol. The smallest absolute Gasteiger partial charge is 0.164 e. The van der Waals surface area contributed by atoms with Gasteiger partial charge in [0.2, 0.25) is 0 Å². The number of rotatable bonds is 4. The minimum atomic E-state index is -0.316. The summed E-state index contributed by atoms with van der Waals surface area (Å²) in [5.74, 6) is 0.730. The molecule has 14 heavy (non-hydrogen) atoms. The van der Waals surface area contributed by atoms with Gasteiger partial charge in [0.15, 0.2) is 11.5 Å². The second-order valence-corrected chi connectivity index (χ2v) is 3.19. The van der Waals surface area contributed by atoms with E-state index in [1.54, 1.807) is 6.07 Å². The van der Waals surface area contributed by atoms with Gasteiger partial charge in [-0.1, -0.05) is 0 Å². The lowest BCUT2D eigenvalue weighted by Gasteiger charge is -2.14. The minimum absolute atomic E-state index is 0.0102. The van der Waals surface area contributed by atoms with Crippen molar-refractivity contribution in [3.05, 3.63) is 24.0 Å². The van der Waals surface area contributed by atoms with Crippen LogP contribution in [0, 0.1) is 5.82 Å². The van der Waals surface area contributed by atoms with Gasteiger partial charge < -0.3 is 9.47 Å². The molecule has 0 saturated heterocycles. The van der Waals surface area contributed by atoms with E-state index in [4.69, 9.17) is 9.47 Å². The molecule has 0 aliphatic carbocycles. The molecule has 0 unspecified atom stereocenters. The normalized spacial score (nSPS) is 10.4. The van der Waals surface area contributed by atoms with Crippen LogP contribution in [0.4, 0.5) is 4.39 Å². The number of halogens is 1. The van der Waals surface area contributed by atoms with Crippen LogP contribution in [-0.2, 0) is 0 Å². The molecule has 0 bridgehead atoms. The summed E-state index contributed by atoms with van der Waals surface area (Å²) in [6.45, 7) is 6.20. The maximum Gasteiger partial charge on any atom is 0.164 e. The average molecular weight is 198 g/mol. The third-order valence-corrected chi connectivity index (χ3v) is 1.57. The van der Waals surface area contributed by atoms with E-state index in [1.807, 2.05) is 20.8 Å². The number of hydrogen-bond donors (Lipinski definition) is 0. The number of benzene rings is 1. The summed E-state index contributed by atoms with van der Waals surface area (Å²) in [4.78, 5) is 0. The lowest BCUT2D eigenvalue weighted by atomic mass is 10.3. The molecule has 3 heteroatoms. The third-order valence-electron chi connectivity index (χ3n) is 1.57. The Morgan fingerprint density at radius 2 is 2.00 bits per heavy atom. The van der Waals surface area contributed by atoms with E-state index in [2.05, 4.69) is 0 Å². The van der Waals surface area contributed by atoms with E-state index >= 15 is 0 Å². The average Bonchev–Trinajstić information content (AvgIpc) is 2.09. The van der Waals surface area contributed by atoms with Crippen molar-refractivity contribution in [1.29, 1.82) is 0 Å². The Labute approximate surface area is 83.6 Å². The van der Waals surface area contributed by atoms with E-state index in [0.29, 0.717) is 18.1 Å². The molecular formula is C11H15FO2. The Balaban J connectivity index is 2.90. The largest absolute Gasteiger partial charge is 0.490 e. The van der Waals surface area contributed by atoms with Crippen molar-refractivity contribution < 1.29 is 13.9 Å². The predicted molar refractivity (Wildman–Crippen MR) is 53.3 cm³/mol. The molecule has 0 spiro atoms. The first-order valence-corrected chi connectivity index (χ1v) is 4.72. The number of hydrogen-bond acceptors (Lipinski definition) is 2. The summed E-state index contributed by atoms with van der Waals surface area (Å²) in [5.41, 5.74) is 0. The standard InChI is InChI=1S/C11H15FO2/c1-4-13-10-6-5-9(12)7-11(10)14-8(2)3/h5-8H,4H2,1-3H3. The zero-order valence-electron chi connectivity index (χ0n) is 8.71. The quantitative estimate of drug-likeness (QED) is 0.740. The van der Waals surface area contributed by atoms with Gasteiger partial charge in [-0.2, -0.15) is 0 Å². The molecule has 1 aromatic rings. The molecule has 0 atom stereocenters. The van der Waals surface area contributed by atoms with Crippen molar-refractivity contribution in [3.63, 3.8) is 0 Å². The van der Waals surface area contributed by atoms with Crippen LogP contribution in [-0.4, -0.2) is 12.7 Å². The highest BCUT2D eigenvalue weighted by Gasteiger charge is 2.07. The molecule has 0 aliphatic heterocycles. The summed E-state index contributed by atoms with van der Waals surface area (Å²) >= 11 is 0. The molecule has 1 aromatic carbocycles. The molecule has 2 nitrogen and oxygen atoms in total. The SMILES string of the molecule is CCOc1ccc(F)cc1OC(C)C. The first-order chi connectivity index (χ1) is 6.63. The van der Waals surface area contributed by atoms with E-state index in [-0.39, 0.29) is 11.9 Å². The topological polar surface area (TPSA) is 18.5 Å². The molecule has 78 valence electrons. The number of ether oxygens (including phenoxy) is 2. The molecule has 1 rings (SSSR count). The summed E-state index contributed by atoms with van der Waals surface area (Å²) < 4.78 is 23.6. The summed E-state index contributed by atoms with van der Waals surface area (Å²) in [5, 5.41) is 0. The van der Waals surface area contributed by atoms with Crippen LogP contribution < -0.4 is 9.47 Å². The van der Waals surface area contributed by atoms with Crippen molar-refractivity contribution in [2.24, 2.45) is 0 Å². The minimum Gasteiger partial charge on any atom is -0.490 e. The first kappa shape index (κ1) is 10.8. The first-order valence-electron chi connectivity index (χ1n) is 4.72. The van der Waals surface area contributed by atoms with Crippen molar-refractivity contribution in [3.8, 4) is 11.5 Å². The highest BCUT2D eigenvalue weighted by Crippen LogP contribution is 2.28. The molecule has 0 aliphatic rings. The van der Waals surface area contributed by atoms with Crippen LogP contribution in [0.2, 0.25) is 0 Å². The third kappa shape index (κ3) is 2.91. The van der Waals surface area contributed by atoms with Crippen LogP contribution in [0.1, 0.15) is 20.8 Å². The second kappa shape index (κ2) is 4.84. The van der Waals surface area contributed by atoms with E-state index < -0.39 is 0 Å². The van der Waals surface area contributed by atoms with Crippen molar-refractivity contribution in [2.75, 3.05) is 6.61 Å². The Kier molecular flexibility index (Phi) is 3.74. The Hall–Kier alpha value is -1.25. The fourth-order valence-electron chi connectivity index (χ4n) is 1.10. The Bertz CT molecular complexity index is 297. The van der Waals surface area contributed by atoms with Gasteiger partial charge in [0.05, 0.1) is 12.7 Å². The fourth-order valence-corrected chi connectivity index (χ4v) is 1.10. The van der Waals surface area contributed by atoms with Gasteiger partial charge in [-0.05, 0) is 32.9 Å². The maximum atomic E-state index is 12.9. The van der Waals surface area contributed by atoms with Gasteiger partial charge in [0.1, 0.15) is 5.82 Å². The van der Waals surface area contributed by atoms with Crippen molar-refractivity contribution >= 4 is 0 Å². The van der Waals surface area contributed by atoms with Gasteiger partial charge >= 0.3 is 0 Å². The zero-order valence-corrected chi connectivity index (χ0v) is 8.71. The molecule has 0 amide bonds. The van der Waals surface area contributed by atoms with Gasteiger partial charge in [-0.3, -0.25) is 0 Å². The highest BCUT2D eigenvalue weighted by molar-refractivity contribution is 5.40. The van der Waals surface area contributed by atoms with Crippen molar-refractivity contribution in [1.82, 2.24) is 0 Å². The predicted octanol–water partition coefficient (Wildman–Crippen LogP) is 3.01. The molecule has 0 radical (unpaired) electrons. The van der Waals surface area contributed by atoms with Crippen LogP contribution in [0.5, 0.6) is 11.5 Å². The highest BCUT2D eigenvalue weighted by atomic mass is 19.1. The van der Waals surface area contributed by atoms with E-state index in [9.17, 15) is 4.39 Å². The fraction of sp³-hybridized carbons (Fsp3) is 0.455. The molecule has 0 fully saturated rings. The molecular weight excluding hydrogens is 183 g/mol. The maximum absolute atomic E-state index is 12.9. The van der Waals surface area contributed by atoms with E-state index in [0.717, 1.165) is 0 Å². The summed E-state index contributed by atoms with van der Waals surface area (Å²) in [6, 6.07) is 4.28. The molecule has 0 N–H and O–H groups in total.